The zero-order chi connectivity index (χ0) is 19.1. The van der Waals surface area contributed by atoms with Gasteiger partial charge >= 0.3 is 18.1 Å². The third-order valence-corrected chi connectivity index (χ3v) is 4.40. The quantitative estimate of drug-likeness (QED) is 0.868. The Hall–Kier alpha value is -2.77. The maximum absolute atomic E-state index is 13.4. The molecule has 25 heavy (non-hydrogen) atoms. The molecule has 0 unspecified atom stereocenters. The second-order valence-corrected chi connectivity index (χ2v) is 5.69. The minimum Gasteiger partial charge on any atom is -0.478 e. The molecule has 1 aromatic carbocycles. The molecule has 2 N–H and O–H groups in total. The van der Waals surface area contributed by atoms with Gasteiger partial charge in [-0.2, -0.15) is 13.2 Å². The largest absolute Gasteiger partial charge is 0.478 e. The van der Waals surface area contributed by atoms with Crippen LogP contribution in [0.2, 0.25) is 0 Å². The third kappa shape index (κ3) is 3.11. The van der Waals surface area contributed by atoms with E-state index in [9.17, 15) is 33.0 Å². The highest BCUT2D eigenvalue weighted by Gasteiger charge is 2.43. The standard InChI is InChI=1S/C17H16F3NO4/c1-8-12(15(22)23)14(13(16(24)25)9(2)21(8)3)10-6-4-5-7-11(10)17(18,19)20/h4-7,14H,1-3H3,(H,22,23)(H,24,25). The number of carboxylic acid groups (broad SMARTS) is 2. The number of benzene rings is 1. The minimum absolute atomic E-state index is 0.192. The topological polar surface area (TPSA) is 77.8 Å². The molecule has 0 saturated heterocycles. The first-order chi connectivity index (χ1) is 11.5. The second kappa shape index (κ2) is 6.27. The number of alkyl halides is 3. The van der Waals surface area contributed by atoms with Crippen LogP contribution < -0.4 is 0 Å². The van der Waals surface area contributed by atoms with Gasteiger partial charge in [-0.05, 0) is 25.5 Å². The van der Waals surface area contributed by atoms with Gasteiger partial charge < -0.3 is 15.1 Å². The highest BCUT2D eigenvalue weighted by molar-refractivity contribution is 5.98. The van der Waals surface area contributed by atoms with Crippen LogP contribution in [0.1, 0.15) is 30.9 Å². The molecule has 0 radical (unpaired) electrons. The van der Waals surface area contributed by atoms with E-state index in [2.05, 4.69) is 0 Å². The molecule has 0 spiro atoms. The molecule has 0 aromatic heterocycles. The summed E-state index contributed by atoms with van der Waals surface area (Å²) >= 11 is 0. The Kier molecular flexibility index (Phi) is 4.66. The predicted molar refractivity (Wildman–Crippen MR) is 82.6 cm³/mol. The summed E-state index contributed by atoms with van der Waals surface area (Å²) < 4.78 is 40.2. The van der Waals surface area contributed by atoms with Crippen LogP contribution in [0.5, 0.6) is 0 Å². The fraction of sp³-hybridized carbons (Fsp3) is 0.294. The molecule has 1 aromatic rings. The number of aliphatic carboxylic acids is 2. The molecule has 0 aliphatic carbocycles. The molecule has 5 nitrogen and oxygen atoms in total. The van der Waals surface area contributed by atoms with Crippen molar-refractivity contribution in [2.45, 2.75) is 25.9 Å². The van der Waals surface area contributed by atoms with Gasteiger partial charge in [0.1, 0.15) is 0 Å². The predicted octanol–water partition coefficient (Wildman–Crippen LogP) is 3.45. The molecule has 134 valence electrons. The van der Waals surface area contributed by atoms with Gasteiger partial charge in [0.2, 0.25) is 0 Å². The lowest BCUT2D eigenvalue weighted by Gasteiger charge is -2.35. The normalized spacial score (nSPS) is 16.5. The van der Waals surface area contributed by atoms with E-state index in [1.54, 1.807) is 0 Å². The fourth-order valence-electron chi connectivity index (χ4n) is 3.05. The Labute approximate surface area is 141 Å². The van der Waals surface area contributed by atoms with E-state index in [4.69, 9.17) is 0 Å². The summed E-state index contributed by atoms with van der Waals surface area (Å²) in [6.45, 7) is 2.88. The molecule has 0 amide bonds. The second-order valence-electron chi connectivity index (χ2n) is 5.69. The van der Waals surface area contributed by atoms with Crippen LogP contribution in [0.15, 0.2) is 46.8 Å². The maximum atomic E-state index is 13.4. The van der Waals surface area contributed by atoms with E-state index < -0.39 is 35.2 Å². The summed E-state index contributed by atoms with van der Waals surface area (Å²) in [6.07, 6.45) is -4.74. The number of nitrogens with zero attached hydrogens (tertiary/aromatic N) is 1. The molecule has 1 heterocycles. The zero-order valence-electron chi connectivity index (χ0n) is 13.7. The van der Waals surface area contributed by atoms with Crippen molar-refractivity contribution >= 4 is 11.9 Å². The molecule has 8 heteroatoms. The van der Waals surface area contributed by atoms with Crippen molar-refractivity contribution in [3.63, 3.8) is 0 Å². The van der Waals surface area contributed by atoms with E-state index in [0.29, 0.717) is 0 Å². The number of halogens is 3. The molecular weight excluding hydrogens is 339 g/mol. The van der Waals surface area contributed by atoms with Crippen molar-refractivity contribution in [1.82, 2.24) is 4.90 Å². The first kappa shape index (κ1) is 18.6. The van der Waals surface area contributed by atoms with Crippen molar-refractivity contribution in [3.8, 4) is 0 Å². The van der Waals surface area contributed by atoms with Crippen LogP contribution in [-0.4, -0.2) is 34.1 Å². The van der Waals surface area contributed by atoms with Crippen LogP contribution in [0.4, 0.5) is 13.2 Å². The summed E-state index contributed by atoms with van der Waals surface area (Å²) in [4.78, 5) is 24.9. The molecule has 0 fully saturated rings. The average Bonchev–Trinajstić information content (AvgIpc) is 2.50. The highest BCUT2D eigenvalue weighted by Crippen LogP contribution is 2.45. The molecule has 0 saturated carbocycles. The lowest BCUT2D eigenvalue weighted by molar-refractivity contribution is -0.139. The lowest BCUT2D eigenvalue weighted by atomic mass is 9.78. The Morgan fingerprint density at radius 3 is 1.84 bits per heavy atom. The van der Waals surface area contributed by atoms with Gasteiger partial charge in [0, 0.05) is 18.4 Å². The zero-order valence-corrected chi connectivity index (χ0v) is 13.7. The van der Waals surface area contributed by atoms with Crippen LogP contribution in [0.3, 0.4) is 0 Å². The third-order valence-electron chi connectivity index (χ3n) is 4.40. The average molecular weight is 355 g/mol. The van der Waals surface area contributed by atoms with Gasteiger partial charge in [-0.15, -0.1) is 0 Å². The van der Waals surface area contributed by atoms with Gasteiger partial charge in [0.05, 0.1) is 22.6 Å². The van der Waals surface area contributed by atoms with Gasteiger partial charge in [-0.25, -0.2) is 9.59 Å². The Morgan fingerprint density at radius 1 is 1.00 bits per heavy atom. The number of carboxylic acids is 2. The van der Waals surface area contributed by atoms with Crippen molar-refractivity contribution < 1.29 is 33.0 Å². The van der Waals surface area contributed by atoms with E-state index in [1.807, 2.05) is 0 Å². The molecular formula is C17H16F3NO4. The Morgan fingerprint density at radius 2 is 1.44 bits per heavy atom. The molecule has 2 rings (SSSR count). The van der Waals surface area contributed by atoms with Crippen LogP contribution in [0, 0.1) is 0 Å². The van der Waals surface area contributed by atoms with Crippen LogP contribution >= 0.6 is 0 Å². The monoisotopic (exact) mass is 355 g/mol. The summed E-state index contributed by atoms with van der Waals surface area (Å²) in [5.41, 5.74) is -1.84. The van der Waals surface area contributed by atoms with Gasteiger partial charge in [-0.3, -0.25) is 0 Å². The van der Waals surface area contributed by atoms with Crippen LogP contribution in [-0.2, 0) is 15.8 Å². The van der Waals surface area contributed by atoms with E-state index in [-0.39, 0.29) is 22.5 Å². The molecule has 1 aliphatic heterocycles. The number of carbonyl (C=O) groups is 2. The highest BCUT2D eigenvalue weighted by atomic mass is 19.4. The summed E-state index contributed by atoms with van der Waals surface area (Å²) in [5, 5.41) is 19.1. The van der Waals surface area contributed by atoms with E-state index >= 15 is 0 Å². The van der Waals surface area contributed by atoms with Crippen LogP contribution in [0.25, 0.3) is 0 Å². The molecule has 1 aliphatic rings. The van der Waals surface area contributed by atoms with Gasteiger partial charge in [0.25, 0.3) is 0 Å². The number of allylic oxidation sites excluding steroid dienone is 2. The van der Waals surface area contributed by atoms with E-state index in [1.165, 1.54) is 37.9 Å². The first-order valence-corrected chi connectivity index (χ1v) is 7.26. The van der Waals surface area contributed by atoms with Gasteiger partial charge in [0.15, 0.2) is 0 Å². The smallest absolute Gasteiger partial charge is 0.416 e. The molecule has 0 atom stereocenters. The first-order valence-electron chi connectivity index (χ1n) is 7.26. The summed E-state index contributed by atoms with van der Waals surface area (Å²) in [7, 11) is 1.47. The number of hydrogen-bond donors (Lipinski definition) is 2. The number of rotatable bonds is 3. The van der Waals surface area contributed by atoms with E-state index in [0.717, 1.165) is 12.1 Å². The Bertz CT molecular complexity index is 770. The van der Waals surface area contributed by atoms with Gasteiger partial charge in [-0.1, -0.05) is 18.2 Å². The van der Waals surface area contributed by atoms with Crippen molar-refractivity contribution in [2.75, 3.05) is 7.05 Å². The van der Waals surface area contributed by atoms with Crippen molar-refractivity contribution in [1.29, 1.82) is 0 Å². The Balaban J connectivity index is 2.88. The summed E-state index contributed by atoms with van der Waals surface area (Å²) in [5.74, 6) is -4.45. The SMILES string of the molecule is CC1=C(C(=O)O)C(c2ccccc2C(F)(F)F)C(C(=O)O)=C(C)N1C. The fourth-order valence-corrected chi connectivity index (χ4v) is 3.05. The summed E-state index contributed by atoms with van der Waals surface area (Å²) in [6, 6.07) is 4.43. The van der Waals surface area contributed by atoms with Crippen molar-refractivity contribution in [3.05, 3.63) is 57.9 Å². The lowest BCUT2D eigenvalue weighted by Crippen LogP contribution is -2.33. The number of hydrogen-bond acceptors (Lipinski definition) is 3. The molecule has 0 bridgehead atoms. The van der Waals surface area contributed by atoms with Crippen molar-refractivity contribution in [2.24, 2.45) is 0 Å². The maximum Gasteiger partial charge on any atom is 0.416 e. The minimum atomic E-state index is -4.74.